The van der Waals surface area contributed by atoms with Crippen molar-refractivity contribution in [2.75, 3.05) is 45.8 Å². The van der Waals surface area contributed by atoms with Crippen LogP contribution in [0.5, 0.6) is 0 Å². The van der Waals surface area contributed by atoms with Crippen LogP contribution >= 0.6 is 0 Å². The number of benzene rings is 1. The maximum Gasteiger partial charge on any atom is 0.251 e. The minimum Gasteiger partial charge on any atom is -0.373 e. The number of carbonyl (C=O) groups is 2. The van der Waals surface area contributed by atoms with Gasteiger partial charge in [-0.1, -0.05) is 6.07 Å². The SMILES string of the molecule is CC1CN(CCNC(=O)c2cccc(S(=O)(=O)N3CCNC(=O)C3)c2)CC(C)O1. The van der Waals surface area contributed by atoms with Crippen LogP contribution in [0, 0.1) is 0 Å². The molecule has 0 radical (unpaired) electrons. The third kappa shape index (κ3) is 5.53. The molecule has 2 saturated heterocycles. The standard InChI is InChI=1S/C19H28N4O5S/c1-14-11-22(12-15(2)28-14)8-6-21-19(25)16-4-3-5-17(10-16)29(26,27)23-9-7-20-18(24)13-23/h3-5,10,14-15H,6-9,11-13H2,1-2H3,(H,20,24)(H,21,25). The summed E-state index contributed by atoms with van der Waals surface area (Å²) in [6.07, 6.45) is 0.321. The molecule has 2 N–H and O–H groups in total. The molecule has 0 spiro atoms. The third-order valence-corrected chi connectivity index (χ3v) is 6.79. The van der Waals surface area contributed by atoms with Crippen LogP contribution < -0.4 is 10.6 Å². The molecule has 29 heavy (non-hydrogen) atoms. The van der Waals surface area contributed by atoms with Gasteiger partial charge in [-0.3, -0.25) is 14.5 Å². The Morgan fingerprint density at radius 2 is 2.00 bits per heavy atom. The molecular weight excluding hydrogens is 396 g/mol. The van der Waals surface area contributed by atoms with Crippen molar-refractivity contribution in [1.82, 2.24) is 19.8 Å². The Labute approximate surface area is 171 Å². The van der Waals surface area contributed by atoms with E-state index in [1.165, 1.54) is 18.2 Å². The van der Waals surface area contributed by atoms with Gasteiger partial charge in [0.2, 0.25) is 15.9 Å². The minimum absolute atomic E-state index is 0.00989. The Kier molecular flexibility index (Phi) is 6.89. The number of amides is 2. The Balaban J connectivity index is 1.60. The van der Waals surface area contributed by atoms with Crippen molar-refractivity contribution in [1.29, 1.82) is 0 Å². The fourth-order valence-electron chi connectivity index (χ4n) is 3.66. The monoisotopic (exact) mass is 424 g/mol. The van der Waals surface area contributed by atoms with Gasteiger partial charge in [-0.15, -0.1) is 0 Å². The predicted octanol–water partition coefficient (Wildman–Crippen LogP) is -0.354. The van der Waals surface area contributed by atoms with E-state index in [0.717, 1.165) is 17.4 Å². The predicted molar refractivity (Wildman–Crippen MR) is 107 cm³/mol. The second kappa shape index (κ2) is 9.21. The molecule has 9 nitrogen and oxygen atoms in total. The van der Waals surface area contributed by atoms with Gasteiger partial charge in [0.05, 0.1) is 23.6 Å². The summed E-state index contributed by atoms with van der Waals surface area (Å²) >= 11 is 0. The summed E-state index contributed by atoms with van der Waals surface area (Å²) < 4.78 is 32.4. The van der Waals surface area contributed by atoms with E-state index in [1.54, 1.807) is 6.07 Å². The lowest BCUT2D eigenvalue weighted by molar-refractivity contribution is -0.122. The van der Waals surface area contributed by atoms with Crippen LogP contribution in [0.2, 0.25) is 0 Å². The molecule has 2 heterocycles. The lowest BCUT2D eigenvalue weighted by atomic mass is 10.2. The number of nitrogens with zero attached hydrogens (tertiary/aromatic N) is 2. The Hall–Kier alpha value is -2.01. The van der Waals surface area contributed by atoms with Crippen LogP contribution in [0.4, 0.5) is 0 Å². The molecule has 2 aliphatic rings. The summed E-state index contributed by atoms with van der Waals surface area (Å²) in [5.74, 6) is -0.659. The smallest absolute Gasteiger partial charge is 0.251 e. The molecule has 2 amide bonds. The molecule has 2 atom stereocenters. The highest BCUT2D eigenvalue weighted by Crippen LogP contribution is 2.18. The van der Waals surface area contributed by atoms with Crippen LogP contribution in [0.1, 0.15) is 24.2 Å². The Morgan fingerprint density at radius 3 is 2.69 bits per heavy atom. The van der Waals surface area contributed by atoms with Gasteiger partial charge in [0.1, 0.15) is 0 Å². The highest BCUT2D eigenvalue weighted by Gasteiger charge is 2.29. The van der Waals surface area contributed by atoms with Crippen molar-refractivity contribution in [2.24, 2.45) is 0 Å². The molecule has 0 bridgehead atoms. The van der Waals surface area contributed by atoms with Crippen molar-refractivity contribution in [3.8, 4) is 0 Å². The van der Waals surface area contributed by atoms with Gasteiger partial charge in [0, 0.05) is 44.8 Å². The molecule has 2 aliphatic heterocycles. The molecular formula is C19H28N4O5S. The van der Waals surface area contributed by atoms with Crippen LogP contribution in [0.25, 0.3) is 0 Å². The number of ether oxygens (including phenoxy) is 1. The zero-order chi connectivity index (χ0) is 21.0. The second-order valence-corrected chi connectivity index (χ2v) is 9.43. The number of rotatable bonds is 6. The summed E-state index contributed by atoms with van der Waals surface area (Å²) in [7, 11) is -3.83. The van der Waals surface area contributed by atoms with Gasteiger partial charge in [-0.2, -0.15) is 4.31 Å². The van der Waals surface area contributed by atoms with Crippen molar-refractivity contribution in [2.45, 2.75) is 31.0 Å². The largest absolute Gasteiger partial charge is 0.373 e. The molecule has 1 aromatic rings. The fraction of sp³-hybridized carbons (Fsp3) is 0.579. The Morgan fingerprint density at radius 1 is 1.28 bits per heavy atom. The van der Waals surface area contributed by atoms with E-state index in [9.17, 15) is 18.0 Å². The first kappa shape index (κ1) is 21.7. The number of piperazine rings is 1. The van der Waals surface area contributed by atoms with Crippen LogP contribution in [-0.2, 0) is 19.6 Å². The van der Waals surface area contributed by atoms with E-state index in [2.05, 4.69) is 15.5 Å². The summed E-state index contributed by atoms with van der Waals surface area (Å²) in [5.41, 5.74) is 0.274. The third-order valence-electron chi connectivity index (χ3n) is 4.95. The highest BCUT2D eigenvalue weighted by molar-refractivity contribution is 7.89. The average Bonchev–Trinajstić information content (AvgIpc) is 2.67. The first-order valence-electron chi connectivity index (χ1n) is 9.78. The number of morpholine rings is 1. The first-order valence-corrected chi connectivity index (χ1v) is 11.2. The zero-order valence-electron chi connectivity index (χ0n) is 16.8. The van der Waals surface area contributed by atoms with Gasteiger partial charge in [-0.05, 0) is 32.0 Å². The minimum atomic E-state index is -3.83. The molecule has 0 aromatic heterocycles. The first-order chi connectivity index (χ1) is 13.8. The van der Waals surface area contributed by atoms with Crippen molar-refractivity contribution in [3.05, 3.63) is 29.8 Å². The molecule has 0 saturated carbocycles. The van der Waals surface area contributed by atoms with Gasteiger partial charge in [0.25, 0.3) is 5.91 Å². The lowest BCUT2D eigenvalue weighted by Crippen LogP contribution is -2.49. The topological polar surface area (TPSA) is 108 Å². The van der Waals surface area contributed by atoms with Gasteiger partial charge in [-0.25, -0.2) is 8.42 Å². The fourth-order valence-corrected chi connectivity index (χ4v) is 5.11. The molecule has 2 unspecified atom stereocenters. The van der Waals surface area contributed by atoms with E-state index >= 15 is 0 Å². The van der Waals surface area contributed by atoms with Gasteiger partial charge >= 0.3 is 0 Å². The molecule has 0 aliphatic carbocycles. The van der Waals surface area contributed by atoms with Crippen LogP contribution in [0.3, 0.4) is 0 Å². The second-order valence-electron chi connectivity index (χ2n) is 7.49. The van der Waals surface area contributed by atoms with Crippen molar-refractivity contribution >= 4 is 21.8 Å². The van der Waals surface area contributed by atoms with Crippen LogP contribution in [-0.4, -0.2) is 87.5 Å². The number of sulfonamides is 1. The number of hydrogen-bond donors (Lipinski definition) is 2. The maximum atomic E-state index is 12.8. The lowest BCUT2D eigenvalue weighted by Gasteiger charge is -2.35. The van der Waals surface area contributed by atoms with E-state index in [0.29, 0.717) is 13.1 Å². The number of hydrogen-bond acceptors (Lipinski definition) is 6. The molecule has 2 fully saturated rings. The normalized spacial score (nSPS) is 24.1. The summed E-state index contributed by atoms with van der Waals surface area (Å²) in [6.45, 7) is 7.12. The number of carbonyl (C=O) groups excluding carboxylic acids is 2. The summed E-state index contributed by atoms with van der Waals surface area (Å²) in [5, 5.41) is 5.45. The molecule has 3 rings (SSSR count). The van der Waals surface area contributed by atoms with Crippen molar-refractivity contribution < 1.29 is 22.7 Å². The van der Waals surface area contributed by atoms with E-state index in [-0.39, 0.29) is 54.1 Å². The highest BCUT2D eigenvalue weighted by atomic mass is 32.2. The Bertz CT molecular complexity index is 850. The molecule has 10 heteroatoms. The van der Waals surface area contributed by atoms with Crippen LogP contribution in [0.15, 0.2) is 29.2 Å². The maximum absolute atomic E-state index is 12.8. The van der Waals surface area contributed by atoms with E-state index < -0.39 is 10.0 Å². The van der Waals surface area contributed by atoms with Gasteiger partial charge < -0.3 is 15.4 Å². The quantitative estimate of drug-likeness (QED) is 0.646. The van der Waals surface area contributed by atoms with E-state index in [1.807, 2.05) is 13.8 Å². The van der Waals surface area contributed by atoms with Gasteiger partial charge in [0.15, 0.2) is 0 Å². The summed E-state index contributed by atoms with van der Waals surface area (Å²) in [6, 6.07) is 5.92. The zero-order valence-corrected chi connectivity index (χ0v) is 17.6. The average molecular weight is 425 g/mol. The van der Waals surface area contributed by atoms with E-state index in [4.69, 9.17) is 4.74 Å². The molecule has 160 valence electrons. The van der Waals surface area contributed by atoms with Crippen molar-refractivity contribution in [3.63, 3.8) is 0 Å². The summed E-state index contributed by atoms with van der Waals surface area (Å²) in [4.78, 5) is 26.3. The molecule has 1 aromatic carbocycles. The number of nitrogens with one attached hydrogen (secondary N) is 2.